The fraction of sp³-hybridized carbons (Fsp3) is 0.286. The van der Waals surface area contributed by atoms with E-state index in [9.17, 15) is 9.65 Å². The van der Waals surface area contributed by atoms with Crippen molar-refractivity contribution in [3.63, 3.8) is 0 Å². The molecule has 0 spiro atoms. The zero-order valence-electron chi connectivity index (χ0n) is 16.9. The van der Waals surface area contributed by atoms with Gasteiger partial charge in [0.2, 0.25) is 0 Å². The number of hydrogen-bond donors (Lipinski definition) is 3. The molecule has 4 aromatic heterocycles. The first kappa shape index (κ1) is 20.4. The second kappa shape index (κ2) is 7.85. The number of nitrogens with one attached hydrogen (secondary N) is 2. The number of halogens is 2. The number of nitrogens with zero attached hydrogens (tertiary/aromatic N) is 6. The maximum atomic E-state index is 14.0. The highest BCUT2D eigenvalue weighted by molar-refractivity contribution is 6.29. The molecule has 2 atom stereocenters. The predicted octanol–water partition coefficient (Wildman–Crippen LogP) is 2.98. The number of fused-ring (bicyclic) bond motifs is 1. The summed E-state index contributed by atoms with van der Waals surface area (Å²) in [5.74, 6) is -0.675. The summed E-state index contributed by atoms with van der Waals surface area (Å²) in [5, 5.41) is 18.2. The average molecular weight is 452 g/mol. The van der Waals surface area contributed by atoms with E-state index in [1.165, 1.54) is 12.4 Å². The van der Waals surface area contributed by atoms with E-state index >= 15 is 0 Å². The van der Waals surface area contributed by atoms with Crippen LogP contribution >= 0.6 is 11.6 Å². The number of aromatic nitrogens is 6. The Bertz CT molecular complexity index is 1330. The highest BCUT2D eigenvalue weighted by Gasteiger charge is 2.47. The number of pyridine rings is 1. The van der Waals surface area contributed by atoms with Crippen molar-refractivity contribution in [2.75, 3.05) is 18.8 Å². The van der Waals surface area contributed by atoms with Gasteiger partial charge < -0.3 is 16.0 Å². The van der Waals surface area contributed by atoms with Gasteiger partial charge in [0.25, 0.3) is 0 Å². The molecule has 32 heavy (non-hydrogen) atoms. The van der Waals surface area contributed by atoms with Gasteiger partial charge in [-0.25, -0.2) is 19.3 Å². The molecule has 1 aliphatic heterocycles. The topological polar surface area (TPSA) is 134 Å². The Morgan fingerprint density at radius 2 is 2.28 bits per heavy atom. The van der Waals surface area contributed by atoms with Crippen LogP contribution < -0.4 is 11.1 Å². The minimum atomic E-state index is -0.685. The summed E-state index contributed by atoms with van der Waals surface area (Å²) in [6.07, 6.45) is 7.66. The molecule has 5 rings (SSSR count). The molecule has 0 amide bonds. The van der Waals surface area contributed by atoms with Gasteiger partial charge in [0, 0.05) is 36.0 Å². The Hall–Kier alpha value is -3.55. The summed E-state index contributed by atoms with van der Waals surface area (Å²) in [6, 6.07) is 4.95. The zero-order valence-corrected chi connectivity index (χ0v) is 17.6. The molecule has 0 saturated carbocycles. The molecule has 11 heteroatoms. The number of aromatic amines is 1. The average Bonchev–Trinajstić information content (AvgIpc) is 3.55. The highest BCUT2D eigenvalue weighted by Crippen LogP contribution is 2.45. The van der Waals surface area contributed by atoms with E-state index in [4.69, 9.17) is 17.3 Å². The van der Waals surface area contributed by atoms with Crippen molar-refractivity contribution in [3.05, 3.63) is 53.7 Å². The minimum Gasteiger partial charge on any atom is -0.397 e. The lowest BCUT2D eigenvalue weighted by atomic mass is 9.74. The highest BCUT2D eigenvalue weighted by atomic mass is 35.5. The molecule has 5 heterocycles. The fourth-order valence-electron chi connectivity index (χ4n) is 4.60. The number of anilines is 1. The Morgan fingerprint density at radius 3 is 3.06 bits per heavy atom. The van der Waals surface area contributed by atoms with Crippen LogP contribution in [0.15, 0.2) is 37.1 Å². The molecule has 0 aliphatic carbocycles. The third-order valence-corrected chi connectivity index (χ3v) is 6.36. The van der Waals surface area contributed by atoms with Crippen LogP contribution in [0.3, 0.4) is 0 Å². The number of nitrogen functional groups attached to an aromatic ring is 1. The Balaban J connectivity index is 1.63. The SMILES string of the molecule is N#CC[C@H](n1cc(-c2ncnc3[nH]ccc23)cn1)[C@]1(c2nc(Cl)c(F)cc2N)CCNC1. The molecule has 1 saturated heterocycles. The van der Waals surface area contributed by atoms with Gasteiger partial charge in [-0.05, 0) is 19.0 Å². The lowest BCUT2D eigenvalue weighted by Gasteiger charge is -2.36. The van der Waals surface area contributed by atoms with Gasteiger partial charge in [-0.2, -0.15) is 10.4 Å². The first-order valence-corrected chi connectivity index (χ1v) is 10.4. The molecule has 1 fully saturated rings. The number of nitrogens with two attached hydrogens (primary N) is 1. The van der Waals surface area contributed by atoms with E-state index in [1.54, 1.807) is 17.1 Å². The van der Waals surface area contributed by atoms with Gasteiger partial charge in [-0.15, -0.1) is 0 Å². The summed E-state index contributed by atoms with van der Waals surface area (Å²) < 4.78 is 15.7. The van der Waals surface area contributed by atoms with Gasteiger partial charge in [0.05, 0.1) is 47.2 Å². The normalized spacial score (nSPS) is 19.3. The van der Waals surface area contributed by atoms with Crippen LogP contribution in [0.5, 0.6) is 0 Å². The Morgan fingerprint density at radius 1 is 1.41 bits per heavy atom. The fourth-order valence-corrected chi connectivity index (χ4v) is 4.74. The number of rotatable bonds is 5. The summed E-state index contributed by atoms with van der Waals surface area (Å²) in [5.41, 5.74) is 8.44. The van der Waals surface area contributed by atoms with Crippen LogP contribution in [0.2, 0.25) is 5.15 Å². The van der Waals surface area contributed by atoms with Crippen molar-refractivity contribution >= 4 is 28.3 Å². The molecule has 0 radical (unpaired) electrons. The largest absolute Gasteiger partial charge is 0.397 e. The third-order valence-electron chi connectivity index (χ3n) is 6.09. The summed E-state index contributed by atoms with van der Waals surface area (Å²) in [7, 11) is 0. The molecule has 9 nitrogen and oxygen atoms in total. The van der Waals surface area contributed by atoms with Crippen molar-refractivity contribution in [3.8, 4) is 17.3 Å². The molecule has 0 bridgehead atoms. The Kier molecular flexibility index (Phi) is 5.00. The van der Waals surface area contributed by atoms with Crippen LogP contribution in [-0.2, 0) is 5.41 Å². The summed E-state index contributed by atoms with van der Waals surface area (Å²) in [4.78, 5) is 16.0. The predicted molar refractivity (Wildman–Crippen MR) is 117 cm³/mol. The van der Waals surface area contributed by atoms with Crippen LogP contribution in [0.1, 0.15) is 24.6 Å². The van der Waals surface area contributed by atoms with Crippen molar-refractivity contribution in [2.45, 2.75) is 24.3 Å². The van der Waals surface area contributed by atoms with Crippen LogP contribution in [0, 0.1) is 17.1 Å². The first-order chi connectivity index (χ1) is 15.5. The van der Waals surface area contributed by atoms with Gasteiger partial charge >= 0.3 is 0 Å². The van der Waals surface area contributed by atoms with Crippen molar-refractivity contribution < 1.29 is 4.39 Å². The molecule has 0 aromatic carbocycles. The molecular formula is C21H19ClFN9. The first-order valence-electron chi connectivity index (χ1n) is 10.1. The van der Waals surface area contributed by atoms with Crippen LogP contribution in [0.4, 0.5) is 10.1 Å². The molecule has 162 valence electrons. The quantitative estimate of drug-likeness (QED) is 0.397. The standard InChI is InChI=1S/C21H19ClFN9/c22-19-14(23)7-15(25)18(31-19)21(3-6-26-10-21)16(1-4-24)32-9-12(8-30-32)17-13-2-5-27-20(13)29-11-28-17/h2,5,7-9,11,16,26H,1,3,6,10,25H2,(H,27,28,29)/t16-,21-/m0/s1. The monoisotopic (exact) mass is 451 g/mol. The number of nitriles is 1. The van der Waals surface area contributed by atoms with Crippen molar-refractivity contribution in [2.24, 2.45) is 0 Å². The molecule has 4 aromatic rings. The maximum absolute atomic E-state index is 14.0. The van der Waals surface area contributed by atoms with E-state index in [-0.39, 0.29) is 17.3 Å². The minimum absolute atomic E-state index is 0.155. The van der Waals surface area contributed by atoms with Crippen LogP contribution in [-0.4, -0.2) is 42.8 Å². The summed E-state index contributed by atoms with van der Waals surface area (Å²) in [6.45, 7) is 1.20. The number of H-pyrrole nitrogens is 1. The van der Waals surface area contributed by atoms with Gasteiger partial charge in [-0.1, -0.05) is 11.6 Å². The van der Waals surface area contributed by atoms with E-state index in [0.29, 0.717) is 25.2 Å². The van der Waals surface area contributed by atoms with Crippen molar-refractivity contribution in [1.82, 2.24) is 35.0 Å². The zero-order chi connectivity index (χ0) is 22.3. The van der Waals surface area contributed by atoms with Gasteiger partial charge in [0.15, 0.2) is 11.0 Å². The Labute approximate surface area is 187 Å². The third kappa shape index (κ3) is 3.18. The van der Waals surface area contributed by atoms with E-state index < -0.39 is 17.3 Å². The lowest BCUT2D eigenvalue weighted by molar-refractivity contribution is 0.266. The maximum Gasteiger partial charge on any atom is 0.165 e. The lowest BCUT2D eigenvalue weighted by Crippen LogP contribution is -2.41. The van der Waals surface area contributed by atoms with E-state index in [0.717, 1.165) is 22.3 Å². The van der Waals surface area contributed by atoms with Crippen LogP contribution in [0.25, 0.3) is 22.3 Å². The van der Waals surface area contributed by atoms with E-state index in [2.05, 4.69) is 36.4 Å². The molecule has 4 N–H and O–H groups in total. The van der Waals surface area contributed by atoms with Crippen molar-refractivity contribution in [1.29, 1.82) is 5.26 Å². The van der Waals surface area contributed by atoms with Gasteiger partial charge in [0.1, 0.15) is 12.0 Å². The van der Waals surface area contributed by atoms with E-state index in [1.807, 2.05) is 12.3 Å². The molecule has 0 unspecified atom stereocenters. The second-order valence-corrected chi connectivity index (χ2v) is 8.19. The second-order valence-electron chi connectivity index (χ2n) is 7.83. The van der Waals surface area contributed by atoms with Gasteiger partial charge in [-0.3, -0.25) is 4.68 Å². The molecular weight excluding hydrogens is 433 g/mol. The number of hydrogen-bond acceptors (Lipinski definition) is 7. The summed E-state index contributed by atoms with van der Waals surface area (Å²) >= 11 is 6.02. The molecule has 1 aliphatic rings. The smallest absolute Gasteiger partial charge is 0.165 e.